The standard InChI is InChI=1S/C9H18F5NS/c1-9(16(10,11,12,13)14)6-2-4-8(15)5-3-7-9/h8H,2-7,15H2,1H3. The van der Waals surface area contributed by atoms with Crippen molar-refractivity contribution in [1.82, 2.24) is 0 Å². The molecule has 0 aromatic carbocycles. The van der Waals surface area contributed by atoms with Gasteiger partial charge >= 0.3 is 0 Å². The lowest BCUT2D eigenvalue weighted by Gasteiger charge is -2.55. The zero-order valence-electron chi connectivity index (χ0n) is 9.20. The minimum atomic E-state index is -9.41. The van der Waals surface area contributed by atoms with E-state index in [4.69, 9.17) is 5.73 Å². The van der Waals surface area contributed by atoms with Gasteiger partial charge in [0.2, 0.25) is 0 Å². The largest absolute Gasteiger partial charge is 0.328 e. The average Bonchev–Trinajstić information content (AvgIpc) is 1.95. The van der Waals surface area contributed by atoms with E-state index in [1.54, 1.807) is 0 Å². The summed E-state index contributed by atoms with van der Waals surface area (Å²) >= 11 is 0. The van der Waals surface area contributed by atoms with Gasteiger partial charge in [0.25, 0.3) is 10.2 Å². The number of rotatable bonds is 1. The van der Waals surface area contributed by atoms with Crippen LogP contribution in [0.15, 0.2) is 0 Å². The van der Waals surface area contributed by atoms with E-state index in [0.717, 1.165) is 0 Å². The van der Waals surface area contributed by atoms with Crippen LogP contribution in [-0.2, 0) is 0 Å². The van der Waals surface area contributed by atoms with Crippen LogP contribution in [0.25, 0.3) is 0 Å². The van der Waals surface area contributed by atoms with Gasteiger partial charge in [-0.05, 0) is 32.6 Å². The summed E-state index contributed by atoms with van der Waals surface area (Å²) in [6, 6.07) is -0.150. The summed E-state index contributed by atoms with van der Waals surface area (Å²) in [5.41, 5.74) is 5.61. The molecule has 1 fully saturated rings. The van der Waals surface area contributed by atoms with Crippen LogP contribution in [0.3, 0.4) is 0 Å². The van der Waals surface area contributed by atoms with Crippen LogP contribution in [-0.4, -0.2) is 10.8 Å². The normalized spacial score (nSPS) is 38.1. The highest BCUT2D eigenvalue weighted by Crippen LogP contribution is 3.04. The Morgan fingerprint density at radius 2 is 1.38 bits per heavy atom. The van der Waals surface area contributed by atoms with Crippen molar-refractivity contribution in [3.63, 3.8) is 0 Å². The number of hydrogen-bond donors (Lipinski definition) is 1. The van der Waals surface area contributed by atoms with E-state index < -0.39 is 27.8 Å². The Labute approximate surface area is 92.3 Å². The smallest absolute Gasteiger partial charge is 0.290 e. The second-order valence-electron chi connectivity index (χ2n) is 4.96. The van der Waals surface area contributed by atoms with Gasteiger partial charge in [-0.1, -0.05) is 32.3 Å². The van der Waals surface area contributed by atoms with Gasteiger partial charge in [-0.3, -0.25) is 0 Å². The number of halogens is 5. The first-order valence-corrected chi connectivity index (χ1v) is 7.28. The predicted molar refractivity (Wildman–Crippen MR) is 57.2 cm³/mol. The van der Waals surface area contributed by atoms with E-state index in [1.807, 2.05) is 0 Å². The molecule has 0 bridgehead atoms. The zero-order chi connectivity index (χ0) is 12.7. The molecule has 0 spiro atoms. The van der Waals surface area contributed by atoms with Gasteiger partial charge in [-0.25, -0.2) is 0 Å². The molecule has 1 saturated carbocycles. The Bertz CT molecular complexity index is 261. The summed E-state index contributed by atoms with van der Waals surface area (Å²) in [7, 11) is -9.41. The van der Waals surface area contributed by atoms with Crippen LogP contribution < -0.4 is 5.73 Å². The van der Waals surface area contributed by atoms with Gasteiger partial charge in [0.05, 0.1) is 0 Å². The van der Waals surface area contributed by atoms with Crippen molar-refractivity contribution < 1.29 is 19.4 Å². The van der Waals surface area contributed by atoms with Crippen molar-refractivity contribution in [1.29, 1.82) is 0 Å². The lowest BCUT2D eigenvalue weighted by atomic mass is 9.90. The Morgan fingerprint density at radius 1 is 1.00 bits per heavy atom. The molecule has 2 N–H and O–H groups in total. The van der Waals surface area contributed by atoms with E-state index in [2.05, 4.69) is 0 Å². The molecule has 0 radical (unpaired) electrons. The highest BCUT2D eigenvalue weighted by atomic mass is 32.5. The first-order valence-electron chi connectivity index (χ1n) is 5.33. The number of nitrogens with two attached hydrogens (primary N) is 1. The van der Waals surface area contributed by atoms with Gasteiger partial charge in [0, 0.05) is 6.04 Å². The Kier molecular flexibility index (Phi) is 2.85. The van der Waals surface area contributed by atoms with Crippen LogP contribution in [0, 0.1) is 0 Å². The molecule has 0 aromatic rings. The van der Waals surface area contributed by atoms with Crippen molar-refractivity contribution in [3.8, 4) is 0 Å². The molecule has 1 rings (SSSR count). The molecule has 100 valence electrons. The third kappa shape index (κ3) is 2.80. The van der Waals surface area contributed by atoms with E-state index in [9.17, 15) is 19.4 Å². The van der Waals surface area contributed by atoms with Crippen LogP contribution in [0.5, 0.6) is 0 Å². The molecule has 0 aromatic heterocycles. The molecular weight excluding hydrogens is 249 g/mol. The molecule has 0 atom stereocenters. The van der Waals surface area contributed by atoms with Crippen LogP contribution in [0.4, 0.5) is 19.4 Å². The fourth-order valence-corrected chi connectivity index (χ4v) is 3.19. The molecule has 1 aliphatic rings. The molecular formula is C9H18F5NS. The third-order valence-corrected chi connectivity index (χ3v) is 5.76. The first-order chi connectivity index (χ1) is 6.85. The summed E-state index contributed by atoms with van der Waals surface area (Å²) in [5, 5.41) is 0. The fraction of sp³-hybridized carbons (Fsp3) is 1.00. The second-order valence-corrected chi connectivity index (χ2v) is 7.89. The summed E-state index contributed by atoms with van der Waals surface area (Å²) < 4.78 is 61.5. The molecule has 1 aliphatic carbocycles. The third-order valence-electron chi connectivity index (χ3n) is 3.49. The van der Waals surface area contributed by atoms with Gasteiger partial charge in [-0.2, -0.15) is 0 Å². The average molecular weight is 267 g/mol. The molecule has 7 heteroatoms. The Hall–Kier alpha value is -0.0400. The van der Waals surface area contributed by atoms with Crippen molar-refractivity contribution in [2.45, 2.75) is 56.2 Å². The van der Waals surface area contributed by atoms with Gasteiger partial charge in [-0.15, -0.1) is 0 Å². The molecule has 0 amide bonds. The molecule has 0 saturated heterocycles. The van der Waals surface area contributed by atoms with Crippen LogP contribution >= 0.6 is 10.2 Å². The highest BCUT2D eigenvalue weighted by Gasteiger charge is 2.75. The van der Waals surface area contributed by atoms with E-state index in [0.29, 0.717) is 19.8 Å². The monoisotopic (exact) mass is 267 g/mol. The summed E-state index contributed by atoms with van der Waals surface area (Å²) in [6.45, 7) is 0.658. The molecule has 0 heterocycles. The van der Waals surface area contributed by atoms with E-state index in [1.165, 1.54) is 0 Å². The van der Waals surface area contributed by atoms with Gasteiger partial charge in [0.1, 0.15) is 4.75 Å². The maximum absolute atomic E-state index is 12.9. The predicted octanol–water partition coefficient (Wildman–Crippen LogP) is 4.73. The second kappa shape index (κ2) is 3.25. The minimum absolute atomic E-state index is 0.114. The lowest BCUT2D eigenvalue weighted by Crippen LogP contribution is -2.40. The molecule has 1 nitrogen and oxygen atoms in total. The summed E-state index contributed by atoms with van der Waals surface area (Å²) in [5.74, 6) is 0. The minimum Gasteiger partial charge on any atom is -0.328 e. The van der Waals surface area contributed by atoms with E-state index in [-0.39, 0.29) is 18.9 Å². The summed E-state index contributed by atoms with van der Waals surface area (Å²) in [4.78, 5) is 0. The molecule has 0 unspecified atom stereocenters. The first kappa shape index (κ1) is 14.0. The fourth-order valence-electron chi connectivity index (χ4n) is 2.13. The van der Waals surface area contributed by atoms with Crippen molar-refractivity contribution in [2.75, 3.05) is 0 Å². The van der Waals surface area contributed by atoms with Gasteiger partial charge in [0.15, 0.2) is 0 Å². The lowest BCUT2D eigenvalue weighted by molar-refractivity contribution is 0.267. The topological polar surface area (TPSA) is 26.0 Å². The van der Waals surface area contributed by atoms with Gasteiger partial charge < -0.3 is 5.73 Å². The van der Waals surface area contributed by atoms with Crippen molar-refractivity contribution >= 4 is 10.2 Å². The maximum atomic E-state index is 12.9. The molecule has 0 aliphatic heterocycles. The maximum Gasteiger partial charge on any atom is 0.290 e. The van der Waals surface area contributed by atoms with Crippen LogP contribution in [0.2, 0.25) is 0 Å². The highest BCUT2D eigenvalue weighted by molar-refractivity contribution is 8.46. The zero-order valence-corrected chi connectivity index (χ0v) is 10.0. The quantitative estimate of drug-likeness (QED) is 0.683. The SMILES string of the molecule is CC1(S(F)(F)(F)(F)F)CCCC(N)CCC1. The van der Waals surface area contributed by atoms with E-state index >= 15 is 0 Å². The number of hydrogen-bond acceptors (Lipinski definition) is 1. The van der Waals surface area contributed by atoms with Crippen LogP contribution in [0.1, 0.15) is 45.4 Å². The summed E-state index contributed by atoms with van der Waals surface area (Å²) in [6.07, 6.45) is -0.0170. The Balaban J connectivity index is 2.94. The van der Waals surface area contributed by atoms with Crippen molar-refractivity contribution in [2.24, 2.45) is 5.73 Å². The Morgan fingerprint density at radius 3 is 1.69 bits per heavy atom. The molecule has 16 heavy (non-hydrogen) atoms. The van der Waals surface area contributed by atoms with Crippen molar-refractivity contribution in [3.05, 3.63) is 0 Å².